The SMILES string of the molecule is CCCCCC(C)(/C=C/C#C/C=C/C=C/[C@@H](O)[C@@H](O)CCCC(C)=O)OC.CCCCCC/C=C/C=C\C=C\C=C\[C@@H](O)[C@@H](O)CCCC(C)=O. The van der Waals surface area contributed by atoms with Crippen LogP contribution in [0.5, 0.6) is 0 Å². The van der Waals surface area contributed by atoms with Gasteiger partial charge in [-0.3, -0.25) is 0 Å². The van der Waals surface area contributed by atoms with Gasteiger partial charge in [0.25, 0.3) is 0 Å². The molecule has 0 aliphatic rings. The number of carbonyl (C=O) groups excluding carboxylic acids is 2. The van der Waals surface area contributed by atoms with Crippen molar-refractivity contribution >= 4 is 11.6 Å². The summed E-state index contributed by atoms with van der Waals surface area (Å²) in [4.78, 5) is 21.7. The molecule has 0 bridgehead atoms. The Labute approximate surface area is 310 Å². The van der Waals surface area contributed by atoms with Crippen LogP contribution >= 0.6 is 0 Å². The molecule has 0 aromatic heterocycles. The Morgan fingerprint density at radius 3 is 1.67 bits per heavy atom. The van der Waals surface area contributed by atoms with Crippen molar-refractivity contribution in [1.29, 1.82) is 0 Å². The van der Waals surface area contributed by atoms with Crippen molar-refractivity contribution in [3.05, 3.63) is 85.1 Å². The van der Waals surface area contributed by atoms with Crippen LogP contribution in [-0.4, -0.2) is 69.1 Å². The molecule has 7 nitrogen and oxygen atoms in total. The molecule has 0 aromatic rings. The van der Waals surface area contributed by atoms with E-state index < -0.39 is 24.4 Å². The van der Waals surface area contributed by atoms with Crippen molar-refractivity contribution in [1.82, 2.24) is 0 Å². The van der Waals surface area contributed by atoms with Crippen LogP contribution in [0.15, 0.2) is 85.1 Å². The number of allylic oxidation sites excluding steroid dienone is 11. The summed E-state index contributed by atoms with van der Waals surface area (Å²) >= 11 is 0. The summed E-state index contributed by atoms with van der Waals surface area (Å²) in [5, 5.41) is 39.1. The van der Waals surface area contributed by atoms with Crippen molar-refractivity contribution in [3.8, 4) is 11.8 Å². The lowest BCUT2D eigenvalue weighted by atomic mass is 9.97. The Morgan fingerprint density at radius 2 is 1.14 bits per heavy atom. The van der Waals surface area contributed by atoms with E-state index in [4.69, 9.17) is 4.74 Å². The highest BCUT2D eigenvalue weighted by Crippen LogP contribution is 2.20. The molecule has 0 spiro atoms. The van der Waals surface area contributed by atoms with E-state index in [9.17, 15) is 30.0 Å². The average Bonchev–Trinajstić information content (AvgIpc) is 3.09. The Morgan fingerprint density at radius 1 is 0.647 bits per heavy atom. The van der Waals surface area contributed by atoms with Crippen LogP contribution in [0.3, 0.4) is 0 Å². The highest BCUT2D eigenvalue weighted by Gasteiger charge is 2.18. The molecule has 0 aliphatic carbocycles. The lowest BCUT2D eigenvalue weighted by Crippen LogP contribution is -2.23. The van der Waals surface area contributed by atoms with Gasteiger partial charge in [0.2, 0.25) is 0 Å². The second kappa shape index (κ2) is 35.3. The molecular formula is C44H70O7. The van der Waals surface area contributed by atoms with E-state index in [1.165, 1.54) is 58.4 Å². The van der Waals surface area contributed by atoms with Crippen molar-refractivity contribution in [2.75, 3.05) is 7.11 Å². The van der Waals surface area contributed by atoms with E-state index >= 15 is 0 Å². The van der Waals surface area contributed by atoms with Gasteiger partial charge in [0.1, 0.15) is 11.6 Å². The Hall–Kier alpha value is -3.12. The third-order valence-electron chi connectivity index (χ3n) is 8.01. The number of unbranched alkanes of at least 4 members (excludes halogenated alkanes) is 6. The van der Waals surface area contributed by atoms with Gasteiger partial charge in [0, 0.05) is 20.0 Å². The van der Waals surface area contributed by atoms with Crippen LogP contribution in [0.4, 0.5) is 0 Å². The monoisotopic (exact) mass is 711 g/mol. The number of hydrogen-bond donors (Lipinski definition) is 4. The summed E-state index contributed by atoms with van der Waals surface area (Å²) in [6, 6.07) is 0. The third kappa shape index (κ3) is 35.1. The third-order valence-corrected chi connectivity index (χ3v) is 8.01. The van der Waals surface area contributed by atoms with Gasteiger partial charge in [-0.1, -0.05) is 131 Å². The van der Waals surface area contributed by atoms with Gasteiger partial charge in [-0.15, -0.1) is 0 Å². The van der Waals surface area contributed by atoms with Crippen LogP contribution in [0.1, 0.15) is 131 Å². The van der Waals surface area contributed by atoms with Crippen molar-refractivity contribution < 1.29 is 34.8 Å². The van der Waals surface area contributed by atoms with Gasteiger partial charge in [0.15, 0.2) is 0 Å². The molecule has 0 rings (SSSR count). The molecule has 51 heavy (non-hydrogen) atoms. The molecule has 0 aliphatic heterocycles. The predicted molar refractivity (Wildman–Crippen MR) is 213 cm³/mol. The van der Waals surface area contributed by atoms with E-state index in [0.29, 0.717) is 38.5 Å². The number of methoxy groups -OCH3 is 1. The fourth-order valence-electron chi connectivity index (χ4n) is 4.59. The minimum Gasteiger partial charge on any atom is -0.390 e. The second-order valence-electron chi connectivity index (χ2n) is 13.1. The van der Waals surface area contributed by atoms with Crippen LogP contribution in [-0.2, 0) is 14.3 Å². The van der Waals surface area contributed by atoms with E-state index in [0.717, 1.165) is 19.3 Å². The van der Waals surface area contributed by atoms with Crippen LogP contribution < -0.4 is 0 Å². The summed E-state index contributed by atoms with van der Waals surface area (Å²) in [5.74, 6) is 6.03. The van der Waals surface area contributed by atoms with Crippen LogP contribution in [0.25, 0.3) is 0 Å². The number of Topliss-reactive ketones (excluding diaryl/α,β-unsaturated/α-hetero) is 2. The molecule has 5 atom stereocenters. The lowest BCUT2D eigenvalue weighted by molar-refractivity contribution is -0.118. The van der Waals surface area contributed by atoms with Crippen molar-refractivity contribution in [2.24, 2.45) is 0 Å². The first-order chi connectivity index (χ1) is 24.4. The Balaban J connectivity index is 0. The molecule has 0 saturated carbocycles. The zero-order chi connectivity index (χ0) is 38.6. The van der Waals surface area contributed by atoms with E-state index in [2.05, 4.69) is 38.7 Å². The fraction of sp³-hybridized carbons (Fsp3) is 0.591. The normalized spacial score (nSPS) is 15.8. The minimum atomic E-state index is -0.944. The second-order valence-corrected chi connectivity index (χ2v) is 13.1. The van der Waals surface area contributed by atoms with Gasteiger partial charge < -0.3 is 34.8 Å². The maximum absolute atomic E-state index is 10.9. The Kier molecular flexibility index (Phi) is 34.6. The summed E-state index contributed by atoms with van der Waals surface area (Å²) < 4.78 is 5.57. The largest absolute Gasteiger partial charge is 0.390 e. The highest BCUT2D eigenvalue weighted by molar-refractivity contribution is 5.75. The molecule has 0 amide bonds. The highest BCUT2D eigenvalue weighted by atomic mass is 16.5. The average molecular weight is 711 g/mol. The van der Waals surface area contributed by atoms with Crippen LogP contribution in [0, 0.1) is 11.8 Å². The molecule has 0 heterocycles. The smallest absolute Gasteiger partial charge is 0.129 e. The fourth-order valence-corrected chi connectivity index (χ4v) is 4.59. The number of rotatable bonds is 27. The molecule has 0 radical (unpaired) electrons. The first-order valence-corrected chi connectivity index (χ1v) is 18.9. The van der Waals surface area contributed by atoms with Crippen LogP contribution in [0.2, 0.25) is 0 Å². The van der Waals surface area contributed by atoms with Gasteiger partial charge in [-0.05, 0) is 83.9 Å². The Bertz CT molecular complexity index is 1150. The van der Waals surface area contributed by atoms with Crippen molar-refractivity contribution in [2.45, 2.75) is 161 Å². The molecule has 0 aromatic carbocycles. The van der Waals surface area contributed by atoms with Gasteiger partial charge in [-0.2, -0.15) is 0 Å². The molecular weight excluding hydrogens is 640 g/mol. The standard InChI is InChI=1S/C23H36O4.C21H34O3/c1-5-6-12-18-23(3,27-4)19-13-10-8-7-9-11-16-21(25)22(26)17-14-15-20(2)24;1-3-4-5-6-7-8-9-10-11-12-13-14-17-20(23)21(24)18-15-16-19(2)22/h7,9,11,13,16,19,21-22,25-26H,5-6,12,14-15,17-18H2,1-4H3;8-14,17,20-21,23-24H,3-7,15-16,18H2,1-2H3/b9-7+,16-11+,19-13+;9-8+,11-10-,13-12+,17-14+/t21-,22+,23?;20-,21+/m11/s1. The van der Waals surface area contributed by atoms with Crippen molar-refractivity contribution in [3.63, 3.8) is 0 Å². The number of aliphatic hydroxyl groups excluding tert-OH is 4. The van der Waals surface area contributed by atoms with Gasteiger partial charge in [0.05, 0.1) is 30.0 Å². The first-order valence-electron chi connectivity index (χ1n) is 18.9. The van der Waals surface area contributed by atoms with Gasteiger partial charge in [-0.25, -0.2) is 0 Å². The summed E-state index contributed by atoms with van der Waals surface area (Å²) in [5.41, 5.74) is -0.282. The molecule has 288 valence electrons. The summed E-state index contributed by atoms with van der Waals surface area (Å²) in [7, 11) is 1.72. The quantitative estimate of drug-likeness (QED) is 0.0382. The summed E-state index contributed by atoms with van der Waals surface area (Å²) in [6.45, 7) is 9.51. The number of ether oxygens (including phenoxy) is 1. The number of hydrogen-bond acceptors (Lipinski definition) is 7. The maximum atomic E-state index is 10.9. The van der Waals surface area contributed by atoms with E-state index in [1.807, 2.05) is 36.5 Å². The maximum Gasteiger partial charge on any atom is 0.129 e. The van der Waals surface area contributed by atoms with E-state index in [1.54, 1.807) is 43.6 Å². The topological polar surface area (TPSA) is 124 Å². The molecule has 1 unspecified atom stereocenters. The minimum absolute atomic E-state index is 0.0922. The lowest BCUT2D eigenvalue weighted by Gasteiger charge is -2.23. The van der Waals surface area contributed by atoms with E-state index in [-0.39, 0.29) is 17.2 Å². The zero-order valence-electron chi connectivity index (χ0n) is 32.5. The molecule has 0 fully saturated rings. The first kappa shape index (κ1) is 50.0. The number of ketones is 2. The van der Waals surface area contributed by atoms with Gasteiger partial charge >= 0.3 is 0 Å². The number of aliphatic hydroxyl groups is 4. The molecule has 4 N–H and O–H groups in total. The number of carbonyl (C=O) groups is 2. The predicted octanol–water partition coefficient (Wildman–Crippen LogP) is 8.79. The summed E-state index contributed by atoms with van der Waals surface area (Å²) in [6.07, 6.45) is 35.6. The zero-order valence-corrected chi connectivity index (χ0v) is 32.5. The molecule has 0 saturated heterocycles. The molecule has 7 heteroatoms.